The van der Waals surface area contributed by atoms with Crippen LogP contribution in [0.5, 0.6) is 0 Å². The molecule has 0 atom stereocenters. The van der Waals surface area contributed by atoms with Crippen LogP contribution in [-0.2, 0) is 0 Å². The molecule has 0 spiro atoms. The topological polar surface area (TPSA) is 27.0 Å². The Morgan fingerprint density at radius 1 is 1.20 bits per heavy atom. The molecular weight excluding hydrogens is 184 g/mol. The van der Waals surface area contributed by atoms with Crippen molar-refractivity contribution in [3.63, 3.8) is 0 Å². The van der Waals surface area contributed by atoms with E-state index in [1.165, 1.54) is 38.8 Å². The first-order chi connectivity index (χ1) is 7.26. The van der Waals surface area contributed by atoms with Crippen molar-refractivity contribution in [1.82, 2.24) is 4.90 Å². The molecule has 2 heteroatoms. The number of nitrogens with zero attached hydrogens (tertiary/aromatic N) is 2. The summed E-state index contributed by atoms with van der Waals surface area (Å²) in [7, 11) is 0. The van der Waals surface area contributed by atoms with Gasteiger partial charge in [-0.25, -0.2) is 0 Å². The van der Waals surface area contributed by atoms with Crippen molar-refractivity contribution in [1.29, 1.82) is 5.26 Å². The Bertz CT molecular complexity index is 203. The molecule has 0 aromatic rings. The van der Waals surface area contributed by atoms with Gasteiger partial charge in [0.25, 0.3) is 0 Å². The summed E-state index contributed by atoms with van der Waals surface area (Å²) in [6, 6.07) is 2.22. The van der Waals surface area contributed by atoms with Crippen LogP contribution in [0.25, 0.3) is 0 Å². The Morgan fingerprint density at radius 2 is 1.80 bits per heavy atom. The van der Waals surface area contributed by atoms with Crippen molar-refractivity contribution in [3.8, 4) is 6.07 Å². The first kappa shape index (κ1) is 12.5. The Balaban J connectivity index is 2.26. The molecule has 1 heterocycles. The molecule has 0 radical (unpaired) electrons. The van der Waals surface area contributed by atoms with Crippen LogP contribution < -0.4 is 0 Å². The van der Waals surface area contributed by atoms with Crippen LogP contribution in [0.1, 0.15) is 52.4 Å². The van der Waals surface area contributed by atoms with Crippen LogP contribution >= 0.6 is 0 Å². The third-order valence-electron chi connectivity index (χ3n) is 4.18. The lowest BCUT2D eigenvalue weighted by molar-refractivity contribution is 0.0950. The average molecular weight is 208 g/mol. The molecule has 1 saturated heterocycles. The van der Waals surface area contributed by atoms with E-state index in [4.69, 9.17) is 5.26 Å². The third kappa shape index (κ3) is 3.50. The van der Waals surface area contributed by atoms with E-state index in [0.29, 0.717) is 11.8 Å². The lowest BCUT2D eigenvalue weighted by Crippen LogP contribution is -2.39. The van der Waals surface area contributed by atoms with Gasteiger partial charge in [0.1, 0.15) is 0 Å². The van der Waals surface area contributed by atoms with Crippen molar-refractivity contribution in [2.75, 3.05) is 19.6 Å². The number of unbranched alkanes of at least 4 members (excludes halogenated alkanes) is 1. The molecule has 0 aliphatic carbocycles. The minimum atomic E-state index is 0.631. The van der Waals surface area contributed by atoms with Gasteiger partial charge in [0.05, 0.1) is 6.07 Å². The van der Waals surface area contributed by atoms with E-state index in [-0.39, 0.29) is 0 Å². The van der Waals surface area contributed by atoms with Crippen LogP contribution in [0.3, 0.4) is 0 Å². The van der Waals surface area contributed by atoms with Crippen molar-refractivity contribution in [2.45, 2.75) is 52.4 Å². The van der Waals surface area contributed by atoms with E-state index in [0.717, 1.165) is 13.0 Å². The Hall–Kier alpha value is -0.550. The van der Waals surface area contributed by atoms with Gasteiger partial charge in [0.15, 0.2) is 0 Å². The fourth-order valence-corrected chi connectivity index (χ4v) is 2.59. The zero-order valence-corrected chi connectivity index (χ0v) is 10.3. The highest BCUT2D eigenvalue weighted by Gasteiger charge is 2.30. The monoisotopic (exact) mass is 208 g/mol. The summed E-state index contributed by atoms with van der Waals surface area (Å²) < 4.78 is 0. The zero-order valence-electron chi connectivity index (χ0n) is 10.3. The number of likely N-dealkylation sites (tertiary alicyclic amines) is 1. The number of piperidine rings is 1. The molecule has 0 aromatic carbocycles. The van der Waals surface area contributed by atoms with E-state index in [9.17, 15) is 0 Å². The summed E-state index contributed by atoms with van der Waals surface area (Å²) in [6.45, 7) is 8.26. The number of nitriles is 1. The fourth-order valence-electron chi connectivity index (χ4n) is 2.59. The Kier molecular flexibility index (Phi) is 5.11. The molecular formula is C13H24N2. The molecule has 1 rings (SSSR count). The number of hydrogen-bond acceptors (Lipinski definition) is 2. The molecule has 0 N–H and O–H groups in total. The lowest BCUT2D eigenvalue weighted by atomic mass is 9.74. The summed E-state index contributed by atoms with van der Waals surface area (Å²) in [5.74, 6) is 0. The summed E-state index contributed by atoms with van der Waals surface area (Å²) in [5.41, 5.74) is 0.631. The lowest BCUT2D eigenvalue weighted by Gasteiger charge is -2.41. The van der Waals surface area contributed by atoms with Crippen LogP contribution in [0, 0.1) is 16.7 Å². The average Bonchev–Trinajstić information content (AvgIpc) is 2.31. The highest BCUT2D eigenvalue weighted by atomic mass is 15.1. The molecule has 15 heavy (non-hydrogen) atoms. The molecule has 0 saturated carbocycles. The predicted octanol–water partition coefficient (Wildman–Crippen LogP) is 3.19. The SMILES string of the molecule is CCC1(CC)CCN(CCCC#N)CC1. The molecule has 1 aliphatic rings. The van der Waals surface area contributed by atoms with Crippen molar-refractivity contribution in [2.24, 2.45) is 5.41 Å². The largest absolute Gasteiger partial charge is 0.303 e. The highest BCUT2D eigenvalue weighted by Crippen LogP contribution is 2.37. The van der Waals surface area contributed by atoms with Gasteiger partial charge in [-0.05, 0) is 44.3 Å². The van der Waals surface area contributed by atoms with Gasteiger partial charge in [-0.3, -0.25) is 0 Å². The molecule has 0 bridgehead atoms. The predicted molar refractivity (Wildman–Crippen MR) is 63.5 cm³/mol. The third-order valence-corrected chi connectivity index (χ3v) is 4.18. The maximum Gasteiger partial charge on any atom is 0.0622 e. The van der Waals surface area contributed by atoms with Gasteiger partial charge in [-0.1, -0.05) is 26.7 Å². The van der Waals surface area contributed by atoms with Crippen molar-refractivity contribution < 1.29 is 0 Å². The van der Waals surface area contributed by atoms with Crippen LogP contribution in [0.15, 0.2) is 0 Å². The second-order valence-electron chi connectivity index (χ2n) is 4.81. The van der Waals surface area contributed by atoms with Gasteiger partial charge in [-0.2, -0.15) is 5.26 Å². The van der Waals surface area contributed by atoms with E-state index in [2.05, 4.69) is 24.8 Å². The van der Waals surface area contributed by atoms with Crippen LogP contribution in [-0.4, -0.2) is 24.5 Å². The summed E-state index contributed by atoms with van der Waals surface area (Å²) in [4.78, 5) is 2.53. The Morgan fingerprint density at radius 3 is 2.27 bits per heavy atom. The summed E-state index contributed by atoms with van der Waals surface area (Å²) >= 11 is 0. The summed E-state index contributed by atoms with van der Waals surface area (Å²) in [5, 5.41) is 8.49. The van der Waals surface area contributed by atoms with Crippen molar-refractivity contribution >= 4 is 0 Å². The van der Waals surface area contributed by atoms with E-state index in [1.807, 2.05) is 0 Å². The summed E-state index contributed by atoms with van der Waals surface area (Å²) in [6.07, 6.45) is 7.12. The van der Waals surface area contributed by atoms with Gasteiger partial charge >= 0.3 is 0 Å². The molecule has 86 valence electrons. The van der Waals surface area contributed by atoms with Gasteiger partial charge in [0.2, 0.25) is 0 Å². The quantitative estimate of drug-likeness (QED) is 0.649. The maximum atomic E-state index is 8.49. The zero-order chi connectivity index (χ0) is 11.1. The van der Waals surface area contributed by atoms with Gasteiger partial charge in [-0.15, -0.1) is 0 Å². The minimum Gasteiger partial charge on any atom is -0.303 e. The normalized spacial score (nSPS) is 21.1. The van der Waals surface area contributed by atoms with Gasteiger partial charge in [0, 0.05) is 6.42 Å². The fraction of sp³-hybridized carbons (Fsp3) is 0.923. The standard InChI is InChI=1S/C13H24N2/c1-3-13(4-2)7-11-15(12-8-13)10-6-5-9-14/h3-8,10-12H2,1-2H3. The minimum absolute atomic E-state index is 0.631. The molecule has 1 aliphatic heterocycles. The first-order valence-corrected chi connectivity index (χ1v) is 6.35. The molecule has 0 unspecified atom stereocenters. The molecule has 2 nitrogen and oxygen atoms in total. The van der Waals surface area contributed by atoms with Crippen molar-refractivity contribution in [3.05, 3.63) is 0 Å². The van der Waals surface area contributed by atoms with Crippen LogP contribution in [0.4, 0.5) is 0 Å². The smallest absolute Gasteiger partial charge is 0.0622 e. The second-order valence-corrected chi connectivity index (χ2v) is 4.81. The maximum absolute atomic E-state index is 8.49. The molecule has 0 amide bonds. The Labute approximate surface area is 94.3 Å². The van der Waals surface area contributed by atoms with E-state index < -0.39 is 0 Å². The molecule has 1 fully saturated rings. The van der Waals surface area contributed by atoms with E-state index in [1.54, 1.807) is 0 Å². The number of hydrogen-bond donors (Lipinski definition) is 0. The first-order valence-electron chi connectivity index (χ1n) is 6.35. The van der Waals surface area contributed by atoms with Gasteiger partial charge < -0.3 is 4.90 Å². The molecule has 0 aromatic heterocycles. The van der Waals surface area contributed by atoms with E-state index >= 15 is 0 Å². The van der Waals surface area contributed by atoms with Crippen LogP contribution in [0.2, 0.25) is 0 Å². The second kappa shape index (κ2) is 6.12. The highest BCUT2D eigenvalue weighted by molar-refractivity contribution is 4.84. The number of rotatable bonds is 5.